The van der Waals surface area contributed by atoms with E-state index < -0.39 is 0 Å². The molecule has 1 fully saturated rings. The van der Waals surface area contributed by atoms with E-state index in [1.165, 1.54) is 0 Å². The highest BCUT2D eigenvalue weighted by Gasteiger charge is 2.22. The second-order valence-electron chi connectivity index (χ2n) is 8.02. The number of hydrogen-bond donors (Lipinski definition) is 0. The third-order valence-electron chi connectivity index (χ3n) is 5.35. The van der Waals surface area contributed by atoms with Gasteiger partial charge in [0.05, 0.1) is 4.88 Å². The van der Waals surface area contributed by atoms with Gasteiger partial charge in [0.15, 0.2) is 5.82 Å². The Labute approximate surface area is 185 Å². The maximum absolute atomic E-state index is 12.5. The molecule has 0 bridgehead atoms. The number of hydrogen-bond acceptors (Lipinski definition) is 9. The zero-order valence-electron chi connectivity index (χ0n) is 18.0. The summed E-state index contributed by atoms with van der Waals surface area (Å²) in [7, 11) is 0. The van der Waals surface area contributed by atoms with Gasteiger partial charge >= 0.3 is 0 Å². The number of nitrogens with zero attached hydrogens (tertiary/aromatic N) is 6. The van der Waals surface area contributed by atoms with Crippen LogP contribution < -0.4 is 0 Å². The van der Waals surface area contributed by atoms with E-state index in [1.54, 1.807) is 11.3 Å². The molecule has 1 amide bonds. The lowest BCUT2D eigenvalue weighted by Gasteiger charge is -2.34. The maximum atomic E-state index is 12.5. The van der Waals surface area contributed by atoms with Crippen LogP contribution in [0.15, 0.2) is 26.6 Å². The molecule has 1 saturated heterocycles. The van der Waals surface area contributed by atoms with Crippen LogP contribution >= 0.6 is 11.3 Å². The van der Waals surface area contributed by atoms with Gasteiger partial charge in [-0.3, -0.25) is 9.69 Å². The van der Waals surface area contributed by atoms with Crippen LogP contribution in [-0.2, 0) is 17.6 Å². The molecular formula is C21H28N6O3S. The first kappa shape index (κ1) is 21.6. The highest BCUT2D eigenvalue weighted by atomic mass is 32.1. The number of thiophene rings is 1. The lowest BCUT2D eigenvalue weighted by atomic mass is 10.2. The van der Waals surface area contributed by atoms with Crippen molar-refractivity contribution >= 4 is 17.2 Å². The first-order valence-corrected chi connectivity index (χ1v) is 11.7. The van der Waals surface area contributed by atoms with Crippen LogP contribution in [0.1, 0.15) is 50.2 Å². The van der Waals surface area contributed by atoms with E-state index in [9.17, 15) is 4.79 Å². The van der Waals surface area contributed by atoms with E-state index in [0.717, 1.165) is 50.4 Å². The van der Waals surface area contributed by atoms with E-state index in [-0.39, 0.29) is 11.8 Å². The molecule has 0 saturated carbocycles. The summed E-state index contributed by atoms with van der Waals surface area (Å²) in [5.41, 5.74) is 0. The van der Waals surface area contributed by atoms with E-state index in [1.807, 2.05) is 36.3 Å². The first-order valence-electron chi connectivity index (χ1n) is 10.8. The largest absolute Gasteiger partial charge is 0.340 e. The summed E-state index contributed by atoms with van der Waals surface area (Å²) >= 11 is 1.61. The van der Waals surface area contributed by atoms with Gasteiger partial charge in [-0.15, -0.1) is 11.3 Å². The Morgan fingerprint density at radius 1 is 1.10 bits per heavy atom. The summed E-state index contributed by atoms with van der Waals surface area (Å²) in [5.74, 6) is 2.95. The highest BCUT2D eigenvalue weighted by molar-refractivity contribution is 7.13. The second-order valence-corrected chi connectivity index (χ2v) is 8.96. The summed E-state index contributed by atoms with van der Waals surface area (Å²) in [4.78, 5) is 26.7. The fourth-order valence-electron chi connectivity index (χ4n) is 3.51. The summed E-state index contributed by atoms with van der Waals surface area (Å²) in [6.45, 7) is 8.26. The monoisotopic (exact) mass is 444 g/mol. The van der Waals surface area contributed by atoms with Gasteiger partial charge in [0, 0.05) is 51.4 Å². The molecule has 0 atom stereocenters. The smallest absolute Gasteiger partial charge is 0.227 e. The number of rotatable bonds is 9. The molecule has 0 N–H and O–H groups in total. The quantitative estimate of drug-likeness (QED) is 0.496. The van der Waals surface area contributed by atoms with Crippen molar-refractivity contribution in [3.05, 3.63) is 35.1 Å². The third kappa shape index (κ3) is 5.76. The number of carbonyl (C=O) groups is 1. The van der Waals surface area contributed by atoms with Gasteiger partial charge in [-0.25, -0.2) is 0 Å². The average molecular weight is 445 g/mol. The Hall–Kier alpha value is -2.59. The minimum atomic E-state index is 0.149. The molecular weight excluding hydrogens is 416 g/mol. The molecule has 0 aromatic carbocycles. The number of piperazine rings is 1. The van der Waals surface area contributed by atoms with Gasteiger partial charge in [-0.2, -0.15) is 9.97 Å². The standard InChI is InChI=1S/C21H28N6O3S/c1-15(2)20-22-18(30-24-20)7-8-19(28)27-12-10-26(11-13-27)9-3-6-17-23-21(25-29-17)16-5-4-14-31-16/h4-5,14-15H,3,6-13H2,1-2H3. The molecule has 4 heterocycles. The fourth-order valence-corrected chi connectivity index (χ4v) is 4.16. The Balaban J connectivity index is 1.14. The fraction of sp³-hybridized carbons (Fsp3) is 0.571. The second kappa shape index (κ2) is 10.1. The summed E-state index contributed by atoms with van der Waals surface area (Å²) in [6, 6.07) is 3.97. The molecule has 31 heavy (non-hydrogen) atoms. The number of carbonyl (C=O) groups excluding carboxylic acids is 1. The van der Waals surface area contributed by atoms with Gasteiger partial charge in [-0.1, -0.05) is 30.2 Å². The molecule has 4 rings (SSSR count). The van der Waals surface area contributed by atoms with Gasteiger partial charge in [0.1, 0.15) is 0 Å². The first-order chi connectivity index (χ1) is 15.1. The van der Waals surface area contributed by atoms with Crippen LogP contribution in [0.25, 0.3) is 10.7 Å². The van der Waals surface area contributed by atoms with Crippen LogP contribution in [0.5, 0.6) is 0 Å². The predicted molar refractivity (Wildman–Crippen MR) is 116 cm³/mol. The van der Waals surface area contributed by atoms with Crippen molar-refractivity contribution in [3.63, 3.8) is 0 Å². The van der Waals surface area contributed by atoms with E-state index in [4.69, 9.17) is 9.05 Å². The Kier molecular flexibility index (Phi) is 7.08. The number of aromatic nitrogens is 4. The molecule has 1 aliphatic rings. The van der Waals surface area contributed by atoms with Crippen molar-refractivity contribution in [1.82, 2.24) is 30.1 Å². The SMILES string of the molecule is CC(C)c1noc(CCC(=O)N2CCN(CCCc3nc(-c4cccs4)no3)CC2)n1. The molecule has 9 nitrogen and oxygen atoms in total. The minimum Gasteiger partial charge on any atom is -0.340 e. The van der Waals surface area contributed by atoms with Crippen molar-refractivity contribution in [2.24, 2.45) is 0 Å². The molecule has 0 unspecified atom stereocenters. The molecule has 1 aliphatic heterocycles. The van der Waals surface area contributed by atoms with E-state index in [0.29, 0.717) is 36.3 Å². The maximum Gasteiger partial charge on any atom is 0.227 e. The zero-order valence-corrected chi connectivity index (χ0v) is 18.8. The number of amides is 1. The molecule has 0 aliphatic carbocycles. The molecule has 10 heteroatoms. The zero-order chi connectivity index (χ0) is 21.6. The van der Waals surface area contributed by atoms with Crippen LogP contribution in [0, 0.1) is 0 Å². The van der Waals surface area contributed by atoms with E-state index >= 15 is 0 Å². The highest BCUT2D eigenvalue weighted by Crippen LogP contribution is 2.21. The Morgan fingerprint density at radius 2 is 1.87 bits per heavy atom. The summed E-state index contributed by atoms with van der Waals surface area (Å²) in [5, 5.41) is 10.0. The van der Waals surface area contributed by atoms with Crippen molar-refractivity contribution in [3.8, 4) is 10.7 Å². The van der Waals surface area contributed by atoms with Crippen LogP contribution in [0.3, 0.4) is 0 Å². The van der Waals surface area contributed by atoms with Crippen molar-refractivity contribution in [1.29, 1.82) is 0 Å². The van der Waals surface area contributed by atoms with Crippen LogP contribution in [0.4, 0.5) is 0 Å². The van der Waals surface area contributed by atoms with Crippen LogP contribution in [0.2, 0.25) is 0 Å². The summed E-state index contributed by atoms with van der Waals surface area (Å²) < 4.78 is 10.6. The Morgan fingerprint density at radius 3 is 2.58 bits per heavy atom. The minimum absolute atomic E-state index is 0.149. The van der Waals surface area contributed by atoms with Crippen molar-refractivity contribution < 1.29 is 13.8 Å². The topological polar surface area (TPSA) is 101 Å². The van der Waals surface area contributed by atoms with Crippen LogP contribution in [-0.4, -0.2) is 68.7 Å². The van der Waals surface area contributed by atoms with E-state index in [2.05, 4.69) is 25.2 Å². The predicted octanol–water partition coefficient (Wildman–Crippen LogP) is 3.01. The molecule has 0 radical (unpaired) electrons. The third-order valence-corrected chi connectivity index (χ3v) is 6.22. The molecule has 3 aromatic heterocycles. The number of aryl methyl sites for hydroxylation is 2. The molecule has 166 valence electrons. The van der Waals surface area contributed by atoms with Crippen molar-refractivity contribution in [2.75, 3.05) is 32.7 Å². The average Bonchev–Trinajstić information content (AvgIpc) is 3.54. The molecule has 0 spiro atoms. The van der Waals surface area contributed by atoms with Crippen molar-refractivity contribution in [2.45, 2.75) is 45.4 Å². The lowest BCUT2D eigenvalue weighted by molar-refractivity contribution is -0.133. The molecule has 3 aromatic rings. The Bertz CT molecular complexity index is 960. The van der Waals surface area contributed by atoms with Gasteiger partial charge < -0.3 is 13.9 Å². The van der Waals surface area contributed by atoms with Gasteiger partial charge in [0.25, 0.3) is 0 Å². The lowest BCUT2D eigenvalue weighted by Crippen LogP contribution is -2.48. The van der Waals surface area contributed by atoms with Gasteiger partial charge in [-0.05, 0) is 24.4 Å². The van der Waals surface area contributed by atoms with Gasteiger partial charge in [0.2, 0.25) is 23.5 Å². The summed E-state index contributed by atoms with van der Waals surface area (Å²) in [6.07, 6.45) is 2.62. The normalized spacial score (nSPS) is 15.1.